The number of hydrogen-bond donors (Lipinski definition) is 1. The molecule has 0 atom stereocenters. The van der Waals surface area contributed by atoms with Crippen molar-refractivity contribution in [2.45, 2.75) is 6.43 Å². The van der Waals surface area contributed by atoms with Gasteiger partial charge >= 0.3 is 0 Å². The summed E-state index contributed by atoms with van der Waals surface area (Å²) in [5.74, 6) is -1.45. The van der Waals surface area contributed by atoms with E-state index in [2.05, 4.69) is 4.98 Å². The number of halogens is 4. The van der Waals surface area contributed by atoms with Gasteiger partial charge in [0.2, 0.25) is 0 Å². The molecule has 2 nitrogen and oxygen atoms in total. The molecule has 0 bridgehead atoms. The van der Waals surface area contributed by atoms with Crippen LogP contribution < -0.4 is 5.73 Å². The smallest absolute Gasteiger partial charge is 0.267 e. The summed E-state index contributed by atoms with van der Waals surface area (Å²) >= 11 is 5.18. The van der Waals surface area contributed by atoms with E-state index in [0.29, 0.717) is 6.07 Å². The first-order chi connectivity index (χ1) is 5.52. The Morgan fingerprint density at radius 2 is 2.08 bits per heavy atom. The Morgan fingerprint density at radius 3 is 2.58 bits per heavy atom. The molecule has 0 aromatic carbocycles. The van der Waals surface area contributed by atoms with Gasteiger partial charge in [-0.15, -0.1) is 0 Å². The maximum Gasteiger partial charge on any atom is 0.267 e. The molecule has 0 saturated carbocycles. The number of aromatic nitrogens is 1. The molecule has 0 spiro atoms. The van der Waals surface area contributed by atoms with Crippen LogP contribution in [0.4, 0.5) is 19.0 Å². The molecule has 0 aliphatic rings. The van der Waals surface area contributed by atoms with Crippen LogP contribution in [0.1, 0.15) is 12.0 Å². The fraction of sp³-hybridized carbons (Fsp3) is 0.167. The molecule has 0 fully saturated rings. The fourth-order valence-corrected chi connectivity index (χ4v) is 0.814. The van der Waals surface area contributed by atoms with Gasteiger partial charge in [0, 0.05) is 0 Å². The zero-order valence-electron chi connectivity index (χ0n) is 5.69. The van der Waals surface area contributed by atoms with E-state index in [1.165, 1.54) is 0 Å². The summed E-state index contributed by atoms with van der Waals surface area (Å²) in [4.78, 5) is 3.18. The van der Waals surface area contributed by atoms with Crippen molar-refractivity contribution in [2.24, 2.45) is 0 Å². The highest BCUT2D eigenvalue weighted by Crippen LogP contribution is 2.26. The summed E-state index contributed by atoms with van der Waals surface area (Å²) in [5, 5.41) is -0.503. The number of nitrogens with zero attached hydrogens (tertiary/aromatic N) is 1. The van der Waals surface area contributed by atoms with E-state index in [-0.39, 0.29) is 0 Å². The van der Waals surface area contributed by atoms with Gasteiger partial charge in [-0.05, 0) is 6.07 Å². The normalized spacial score (nSPS) is 10.8. The lowest BCUT2D eigenvalue weighted by atomic mass is 10.2. The van der Waals surface area contributed by atoms with Crippen LogP contribution in [0, 0.1) is 5.82 Å². The first-order valence-corrected chi connectivity index (χ1v) is 3.29. The minimum Gasteiger partial charge on any atom is -0.383 e. The zero-order valence-corrected chi connectivity index (χ0v) is 6.45. The molecule has 12 heavy (non-hydrogen) atoms. The van der Waals surface area contributed by atoms with Crippen LogP contribution in [0.5, 0.6) is 0 Å². The molecule has 66 valence electrons. The summed E-state index contributed by atoms with van der Waals surface area (Å²) in [6.07, 6.45) is -2.84. The molecule has 1 aromatic rings. The third-order valence-electron chi connectivity index (χ3n) is 1.23. The average Bonchev–Trinajstić information content (AvgIpc) is 1.96. The highest BCUT2D eigenvalue weighted by Gasteiger charge is 2.15. The average molecular weight is 197 g/mol. The van der Waals surface area contributed by atoms with Gasteiger partial charge in [-0.3, -0.25) is 0 Å². The van der Waals surface area contributed by atoms with Crippen molar-refractivity contribution in [3.05, 3.63) is 22.6 Å². The third kappa shape index (κ3) is 1.61. The quantitative estimate of drug-likeness (QED) is 0.701. The first-order valence-electron chi connectivity index (χ1n) is 2.92. The molecule has 0 unspecified atom stereocenters. The number of rotatable bonds is 1. The summed E-state index contributed by atoms with van der Waals surface area (Å²) in [5.41, 5.74) is 4.41. The van der Waals surface area contributed by atoms with Crippen molar-refractivity contribution in [2.75, 3.05) is 5.73 Å². The van der Waals surface area contributed by atoms with Crippen molar-refractivity contribution < 1.29 is 13.2 Å². The van der Waals surface area contributed by atoms with Crippen LogP contribution in [0.3, 0.4) is 0 Å². The van der Waals surface area contributed by atoms with Crippen LogP contribution in [-0.2, 0) is 0 Å². The molecule has 6 heteroatoms. The summed E-state index contributed by atoms with van der Waals surface area (Å²) in [6.45, 7) is 0. The Hall–Kier alpha value is -0.970. The predicted molar refractivity (Wildman–Crippen MR) is 38.6 cm³/mol. The van der Waals surface area contributed by atoms with E-state index in [0.717, 1.165) is 0 Å². The standard InChI is InChI=1S/C6H4ClF3N2/c7-4-3(8)1-2(5(9)10)6(11)12-4/h1,5H,(H2,11,12). The number of pyridine rings is 1. The highest BCUT2D eigenvalue weighted by molar-refractivity contribution is 6.29. The van der Waals surface area contributed by atoms with E-state index >= 15 is 0 Å². The topological polar surface area (TPSA) is 38.9 Å². The number of anilines is 1. The van der Waals surface area contributed by atoms with E-state index < -0.39 is 28.8 Å². The Labute approximate surface area is 71.2 Å². The zero-order chi connectivity index (χ0) is 9.30. The molecule has 1 rings (SSSR count). The summed E-state index contributed by atoms with van der Waals surface area (Å²) < 4.78 is 36.6. The first kappa shape index (κ1) is 9.12. The van der Waals surface area contributed by atoms with E-state index in [4.69, 9.17) is 17.3 Å². The highest BCUT2D eigenvalue weighted by atomic mass is 35.5. The molecule has 0 aliphatic carbocycles. The minimum absolute atomic E-state index is 0.448. The number of nitrogen functional groups attached to an aromatic ring is 1. The second-order valence-electron chi connectivity index (χ2n) is 2.04. The number of hydrogen-bond acceptors (Lipinski definition) is 2. The molecular formula is C6H4ClF3N2. The maximum atomic E-state index is 12.5. The van der Waals surface area contributed by atoms with Gasteiger partial charge in [-0.2, -0.15) is 0 Å². The lowest BCUT2D eigenvalue weighted by Gasteiger charge is -2.03. The Balaban J connectivity index is 3.23. The van der Waals surface area contributed by atoms with Crippen LogP contribution in [0.25, 0.3) is 0 Å². The van der Waals surface area contributed by atoms with Crippen LogP contribution >= 0.6 is 11.6 Å². The van der Waals surface area contributed by atoms with Crippen LogP contribution in [0.15, 0.2) is 6.07 Å². The molecule has 1 aromatic heterocycles. The van der Waals surface area contributed by atoms with Gasteiger partial charge in [-0.1, -0.05) is 11.6 Å². The van der Waals surface area contributed by atoms with Crippen molar-refractivity contribution in [1.82, 2.24) is 4.98 Å². The maximum absolute atomic E-state index is 12.5. The lowest BCUT2D eigenvalue weighted by Crippen LogP contribution is -2.00. The van der Waals surface area contributed by atoms with E-state index in [1.807, 2.05) is 0 Å². The molecule has 1 heterocycles. The molecule has 2 N–H and O–H groups in total. The Morgan fingerprint density at radius 1 is 1.50 bits per heavy atom. The van der Waals surface area contributed by atoms with Crippen LogP contribution in [0.2, 0.25) is 5.15 Å². The van der Waals surface area contributed by atoms with Crippen molar-refractivity contribution in [1.29, 1.82) is 0 Å². The lowest BCUT2D eigenvalue weighted by molar-refractivity contribution is 0.151. The Kier molecular flexibility index (Phi) is 2.42. The van der Waals surface area contributed by atoms with E-state index in [9.17, 15) is 13.2 Å². The second kappa shape index (κ2) is 3.18. The van der Waals surface area contributed by atoms with Gasteiger partial charge < -0.3 is 5.73 Å². The number of nitrogens with two attached hydrogens (primary N) is 1. The molecule has 0 saturated heterocycles. The van der Waals surface area contributed by atoms with E-state index in [1.54, 1.807) is 0 Å². The molecule has 0 radical (unpaired) electrons. The van der Waals surface area contributed by atoms with Gasteiger partial charge in [0.1, 0.15) is 5.82 Å². The van der Waals surface area contributed by atoms with Crippen molar-refractivity contribution in [3.63, 3.8) is 0 Å². The summed E-state index contributed by atoms with van der Waals surface area (Å²) in [7, 11) is 0. The minimum atomic E-state index is -2.84. The predicted octanol–water partition coefficient (Wildman–Crippen LogP) is 2.39. The fourth-order valence-electron chi connectivity index (χ4n) is 0.669. The van der Waals surface area contributed by atoms with Gasteiger partial charge in [-0.25, -0.2) is 18.2 Å². The van der Waals surface area contributed by atoms with Gasteiger partial charge in [0.05, 0.1) is 5.56 Å². The third-order valence-corrected chi connectivity index (χ3v) is 1.49. The van der Waals surface area contributed by atoms with Crippen LogP contribution in [-0.4, -0.2) is 4.98 Å². The monoisotopic (exact) mass is 196 g/mol. The van der Waals surface area contributed by atoms with Gasteiger partial charge in [0.15, 0.2) is 11.0 Å². The summed E-state index contributed by atoms with van der Waals surface area (Å²) in [6, 6.07) is 0.579. The van der Waals surface area contributed by atoms with Crippen molar-refractivity contribution >= 4 is 17.4 Å². The molecule has 0 aliphatic heterocycles. The second-order valence-corrected chi connectivity index (χ2v) is 2.39. The largest absolute Gasteiger partial charge is 0.383 e. The number of alkyl halides is 2. The van der Waals surface area contributed by atoms with Crippen molar-refractivity contribution in [3.8, 4) is 0 Å². The molecular weight excluding hydrogens is 193 g/mol. The van der Waals surface area contributed by atoms with Gasteiger partial charge in [0.25, 0.3) is 6.43 Å². The SMILES string of the molecule is Nc1nc(Cl)c(F)cc1C(F)F. The molecule has 0 amide bonds. The Bertz CT molecular complexity index is 303.